The maximum atomic E-state index is 11.4. The molecule has 4 nitrogen and oxygen atoms in total. The molecule has 0 spiro atoms. The second-order valence-corrected chi connectivity index (χ2v) is 6.34. The molecule has 24 heavy (non-hydrogen) atoms. The Morgan fingerprint density at radius 2 is 1.62 bits per heavy atom. The fraction of sp³-hybridized carbons (Fsp3) is 0.316. The number of nitrogens with zero attached hydrogens (tertiary/aromatic N) is 2. The molecule has 0 bridgehead atoms. The molecular weight excluding hydrogens is 324 g/mol. The number of carbonyl (C=O) groups is 1. The molecule has 3 rings (SSSR count). The lowest BCUT2D eigenvalue weighted by Crippen LogP contribution is -2.48. The van der Waals surface area contributed by atoms with E-state index in [-0.39, 0.29) is 5.91 Å². The van der Waals surface area contributed by atoms with E-state index in [4.69, 9.17) is 16.3 Å². The fourth-order valence-electron chi connectivity index (χ4n) is 2.78. The van der Waals surface area contributed by atoms with Crippen LogP contribution in [0.1, 0.15) is 12.5 Å². The maximum absolute atomic E-state index is 11.4. The number of hydrogen-bond acceptors (Lipinski definition) is 3. The first-order valence-corrected chi connectivity index (χ1v) is 8.47. The van der Waals surface area contributed by atoms with E-state index in [0.29, 0.717) is 6.61 Å². The van der Waals surface area contributed by atoms with E-state index >= 15 is 0 Å². The molecule has 1 saturated heterocycles. The van der Waals surface area contributed by atoms with Gasteiger partial charge in [0.2, 0.25) is 5.91 Å². The Kier molecular flexibility index (Phi) is 5.26. The molecule has 1 aliphatic rings. The van der Waals surface area contributed by atoms with Gasteiger partial charge in [-0.05, 0) is 42.0 Å². The molecule has 126 valence electrons. The van der Waals surface area contributed by atoms with Gasteiger partial charge in [0.15, 0.2) is 0 Å². The minimum Gasteiger partial charge on any atom is -0.489 e. The summed E-state index contributed by atoms with van der Waals surface area (Å²) in [4.78, 5) is 15.6. The Balaban J connectivity index is 1.54. The van der Waals surface area contributed by atoms with Crippen molar-refractivity contribution >= 4 is 23.2 Å². The third-order valence-electron chi connectivity index (χ3n) is 4.25. The van der Waals surface area contributed by atoms with E-state index in [2.05, 4.69) is 17.0 Å². The third kappa shape index (κ3) is 4.20. The van der Waals surface area contributed by atoms with Crippen LogP contribution in [0.25, 0.3) is 0 Å². The van der Waals surface area contributed by atoms with Crippen molar-refractivity contribution in [3.8, 4) is 5.75 Å². The summed E-state index contributed by atoms with van der Waals surface area (Å²) >= 11 is 5.88. The van der Waals surface area contributed by atoms with Crippen molar-refractivity contribution in [1.82, 2.24) is 4.90 Å². The molecule has 5 heteroatoms. The normalized spacial score (nSPS) is 14.6. The zero-order valence-electron chi connectivity index (χ0n) is 13.7. The molecule has 0 saturated carbocycles. The van der Waals surface area contributed by atoms with E-state index in [1.807, 2.05) is 41.3 Å². The van der Waals surface area contributed by atoms with E-state index in [9.17, 15) is 4.79 Å². The Morgan fingerprint density at radius 1 is 1.00 bits per heavy atom. The summed E-state index contributed by atoms with van der Waals surface area (Å²) in [7, 11) is 0. The van der Waals surface area contributed by atoms with Crippen LogP contribution >= 0.6 is 11.6 Å². The van der Waals surface area contributed by atoms with Gasteiger partial charge in [-0.2, -0.15) is 0 Å². The first-order valence-electron chi connectivity index (χ1n) is 8.09. The van der Waals surface area contributed by atoms with E-state index < -0.39 is 0 Å². The smallest absolute Gasteiger partial charge is 0.219 e. The summed E-state index contributed by atoms with van der Waals surface area (Å²) < 4.78 is 5.81. The second-order valence-electron chi connectivity index (χ2n) is 5.90. The molecule has 0 N–H and O–H groups in total. The van der Waals surface area contributed by atoms with Crippen molar-refractivity contribution in [3.05, 3.63) is 59.1 Å². The summed E-state index contributed by atoms with van der Waals surface area (Å²) in [6, 6.07) is 15.8. The SMILES string of the molecule is CC(=O)N1CCN(c2ccc(OCc3ccc(Cl)cc3)cc2)CC1. The number of benzene rings is 2. The molecule has 0 atom stereocenters. The van der Waals surface area contributed by atoms with Crippen LogP contribution < -0.4 is 9.64 Å². The molecule has 0 radical (unpaired) electrons. The average Bonchev–Trinajstić information content (AvgIpc) is 2.62. The lowest BCUT2D eigenvalue weighted by Gasteiger charge is -2.35. The van der Waals surface area contributed by atoms with Crippen molar-refractivity contribution in [2.24, 2.45) is 0 Å². The predicted octanol–water partition coefficient (Wildman–Crippen LogP) is 3.59. The van der Waals surface area contributed by atoms with Crippen LogP contribution in [-0.4, -0.2) is 37.0 Å². The number of anilines is 1. The molecule has 1 heterocycles. The highest BCUT2D eigenvalue weighted by atomic mass is 35.5. The van der Waals surface area contributed by atoms with Gasteiger partial charge >= 0.3 is 0 Å². The van der Waals surface area contributed by atoms with Gasteiger partial charge in [0.1, 0.15) is 12.4 Å². The van der Waals surface area contributed by atoms with Crippen LogP contribution in [0.15, 0.2) is 48.5 Å². The van der Waals surface area contributed by atoms with Crippen LogP contribution in [0.3, 0.4) is 0 Å². The highest BCUT2D eigenvalue weighted by molar-refractivity contribution is 6.30. The van der Waals surface area contributed by atoms with Crippen molar-refractivity contribution in [2.75, 3.05) is 31.1 Å². The lowest BCUT2D eigenvalue weighted by atomic mass is 10.2. The maximum Gasteiger partial charge on any atom is 0.219 e. The van der Waals surface area contributed by atoms with Gasteiger partial charge in [-0.25, -0.2) is 0 Å². The first kappa shape index (κ1) is 16.7. The summed E-state index contributed by atoms with van der Waals surface area (Å²) in [6.07, 6.45) is 0. The molecule has 1 fully saturated rings. The van der Waals surface area contributed by atoms with Gasteiger partial charge < -0.3 is 14.5 Å². The molecule has 1 amide bonds. The average molecular weight is 345 g/mol. The predicted molar refractivity (Wildman–Crippen MR) is 96.7 cm³/mol. The first-order chi connectivity index (χ1) is 11.6. The van der Waals surface area contributed by atoms with E-state index in [1.165, 1.54) is 0 Å². The van der Waals surface area contributed by atoms with Gasteiger partial charge in [-0.3, -0.25) is 4.79 Å². The largest absolute Gasteiger partial charge is 0.489 e. The second kappa shape index (κ2) is 7.58. The molecule has 1 aliphatic heterocycles. The molecule has 0 aliphatic carbocycles. The van der Waals surface area contributed by atoms with Crippen LogP contribution in [0.2, 0.25) is 5.02 Å². The highest BCUT2D eigenvalue weighted by Gasteiger charge is 2.18. The van der Waals surface area contributed by atoms with Crippen molar-refractivity contribution < 1.29 is 9.53 Å². The number of piperazine rings is 1. The third-order valence-corrected chi connectivity index (χ3v) is 4.50. The summed E-state index contributed by atoms with van der Waals surface area (Å²) in [5.41, 5.74) is 2.25. The number of ether oxygens (including phenoxy) is 1. The van der Waals surface area contributed by atoms with Crippen molar-refractivity contribution in [2.45, 2.75) is 13.5 Å². The van der Waals surface area contributed by atoms with Gasteiger partial charge in [-0.1, -0.05) is 23.7 Å². The molecule has 0 unspecified atom stereocenters. The molecule has 2 aromatic carbocycles. The van der Waals surface area contributed by atoms with Gasteiger partial charge in [0, 0.05) is 43.8 Å². The Labute approximate surface area is 147 Å². The zero-order valence-corrected chi connectivity index (χ0v) is 14.5. The van der Waals surface area contributed by atoms with Crippen LogP contribution in [0, 0.1) is 0 Å². The minimum absolute atomic E-state index is 0.153. The monoisotopic (exact) mass is 344 g/mol. The lowest BCUT2D eigenvalue weighted by molar-refractivity contribution is -0.129. The zero-order chi connectivity index (χ0) is 16.9. The number of amides is 1. The van der Waals surface area contributed by atoms with Gasteiger partial charge in [-0.15, -0.1) is 0 Å². The number of halogens is 1. The Hall–Kier alpha value is -2.20. The summed E-state index contributed by atoms with van der Waals surface area (Å²) in [5, 5.41) is 0.730. The van der Waals surface area contributed by atoms with Crippen LogP contribution in [0.5, 0.6) is 5.75 Å². The van der Waals surface area contributed by atoms with Gasteiger partial charge in [0.25, 0.3) is 0 Å². The molecule has 2 aromatic rings. The van der Waals surface area contributed by atoms with E-state index in [1.54, 1.807) is 6.92 Å². The minimum atomic E-state index is 0.153. The number of hydrogen-bond donors (Lipinski definition) is 0. The Morgan fingerprint density at radius 3 is 2.21 bits per heavy atom. The Bertz CT molecular complexity index is 678. The van der Waals surface area contributed by atoms with Crippen LogP contribution in [-0.2, 0) is 11.4 Å². The number of carbonyl (C=O) groups excluding carboxylic acids is 1. The quantitative estimate of drug-likeness (QED) is 0.849. The molecular formula is C19H21ClN2O2. The number of rotatable bonds is 4. The van der Waals surface area contributed by atoms with Gasteiger partial charge in [0.05, 0.1) is 0 Å². The topological polar surface area (TPSA) is 32.8 Å². The van der Waals surface area contributed by atoms with Crippen molar-refractivity contribution in [3.63, 3.8) is 0 Å². The van der Waals surface area contributed by atoms with Crippen molar-refractivity contribution in [1.29, 1.82) is 0 Å². The van der Waals surface area contributed by atoms with E-state index in [0.717, 1.165) is 48.2 Å². The summed E-state index contributed by atoms with van der Waals surface area (Å²) in [5.74, 6) is 0.997. The fourth-order valence-corrected chi connectivity index (χ4v) is 2.91. The molecule has 0 aromatic heterocycles. The standard InChI is InChI=1S/C19H21ClN2O2/c1-15(23)21-10-12-22(13-11-21)18-6-8-19(9-7-18)24-14-16-2-4-17(20)5-3-16/h2-9H,10-14H2,1H3. The van der Waals surface area contributed by atoms with Crippen LogP contribution in [0.4, 0.5) is 5.69 Å². The summed E-state index contributed by atoms with van der Waals surface area (Å²) in [6.45, 7) is 5.44. The highest BCUT2D eigenvalue weighted by Crippen LogP contribution is 2.22.